The number of nitrogens with zero attached hydrogens (tertiary/aromatic N) is 1. The monoisotopic (exact) mass is 465 g/mol. The summed E-state index contributed by atoms with van der Waals surface area (Å²) >= 11 is 1.17. The lowest BCUT2D eigenvalue weighted by atomic mass is 10.1. The molecule has 174 valence electrons. The minimum Gasteiger partial charge on any atom is -0.481 e. The van der Waals surface area contributed by atoms with Crippen LogP contribution in [-0.4, -0.2) is 60.8 Å². The van der Waals surface area contributed by atoms with Crippen LogP contribution in [0.4, 0.5) is 21.5 Å². The maximum absolute atomic E-state index is 12.7. The number of amides is 2. The number of nitrogens with one attached hydrogen (secondary N) is 3. The molecule has 12 heteroatoms. The number of nitrogens with two attached hydrogens (primary N) is 1. The van der Waals surface area contributed by atoms with E-state index in [1.54, 1.807) is 25.1 Å². The Morgan fingerprint density at radius 1 is 1.12 bits per heavy atom. The Labute approximate surface area is 189 Å². The fraction of sp³-hybridized carbons (Fsp3) is 0.400. The van der Waals surface area contributed by atoms with Crippen LogP contribution in [-0.2, 0) is 19.1 Å². The van der Waals surface area contributed by atoms with E-state index in [0.29, 0.717) is 53.6 Å². The van der Waals surface area contributed by atoms with Crippen molar-refractivity contribution in [3.63, 3.8) is 0 Å². The number of carbonyl (C=O) groups is 3. The number of nitrogen functional groups attached to an aromatic ring is 1. The predicted octanol–water partition coefficient (Wildman–Crippen LogP) is 2.16. The maximum atomic E-state index is 12.7. The number of aryl methyl sites for hydroxylation is 1. The van der Waals surface area contributed by atoms with Gasteiger partial charge in [-0.15, -0.1) is 0 Å². The number of thiazole rings is 1. The van der Waals surface area contributed by atoms with Crippen LogP contribution >= 0.6 is 11.3 Å². The van der Waals surface area contributed by atoms with Gasteiger partial charge in [-0.3, -0.25) is 19.7 Å². The molecular weight excluding hydrogens is 438 g/mol. The van der Waals surface area contributed by atoms with Crippen LogP contribution in [0.15, 0.2) is 18.2 Å². The number of aromatic nitrogens is 1. The highest BCUT2D eigenvalue weighted by atomic mass is 32.1. The van der Waals surface area contributed by atoms with Gasteiger partial charge in [0.15, 0.2) is 5.13 Å². The number of carboxylic acid groups (broad SMARTS) is 1. The minimum atomic E-state index is -0.903. The Kier molecular flexibility index (Phi) is 9.85. The zero-order chi connectivity index (χ0) is 23.5. The van der Waals surface area contributed by atoms with Gasteiger partial charge in [0.25, 0.3) is 5.91 Å². The fourth-order valence-electron chi connectivity index (χ4n) is 2.52. The van der Waals surface area contributed by atoms with E-state index in [0.717, 1.165) is 0 Å². The molecule has 6 N–H and O–H groups in total. The van der Waals surface area contributed by atoms with E-state index in [9.17, 15) is 14.4 Å². The molecule has 32 heavy (non-hydrogen) atoms. The first-order chi connectivity index (χ1) is 15.3. The van der Waals surface area contributed by atoms with Gasteiger partial charge < -0.3 is 30.9 Å². The van der Waals surface area contributed by atoms with E-state index >= 15 is 0 Å². The smallest absolute Gasteiger partial charge is 0.305 e. The third-order valence-corrected chi connectivity index (χ3v) is 4.94. The first-order valence-electron chi connectivity index (χ1n) is 9.83. The van der Waals surface area contributed by atoms with Crippen LogP contribution in [0.3, 0.4) is 0 Å². The van der Waals surface area contributed by atoms with Gasteiger partial charge in [-0.25, -0.2) is 4.98 Å². The molecule has 0 saturated carbocycles. The van der Waals surface area contributed by atoms with Gasteiger partial charge in [0.05, 0.1) is 49.8 Å². The van der Waals surface area contributed by atoms with Gasteiger partial charge >= 0.3 is 5.97 Å². The van der Waals surface area contributed by atoms with Gasteiger partial charge in [0.1, 0.15) is 5.00 Å². The third-order valence-electron chi connectivity index (χ3n) is 4.04. The number of ether oxygens (including phenoxy) is 2. The van der Waals surface area contributed by atoms with Gasteiger partial charge in [0, 0.05) is 19.2 Å². The van der Waals surface area contributed by atoms with Crippen LogP contribution in [0.2, 0.25) is 0 Å². The Balaban J connectivity index is 1.87. The average Bonchev–Trinajstić information content (AvgIpc) is 3.02. The molecule has 2 amide bonds. The number of benzene rings is 1. The normalized spacial score (nSPS) is 10.6. The van der Waals surface area contributed by atoms with Gasteiger partial charge in [0.2, 0.25) is 5.91 Å². The van der Waals surface area contributed by atoms with Crippen molar-refractivity contribution in [3.05, 3.63) is 29.5 Å². The maximum Gasteiger partial charge on any atom is 0.305 e. The van der Waals surface area contributed by atoms with Gasteiger partial charge in [-0.2, -0.15) is 0 Å². The van der Waals surface area contributed by atoms with Gasteiger partial charge in [-0.1, -0.05) is 11.3 Å². The Bertz CT molecular complexity index is 929. The fourth-order valence-corrected chi connectivity index (χ4v) is 3.25. The van der Waals surface area contributed by atoms with Crippen LogP contribution < -0.4 is 21.7 Å². The molecule has 1 aromatic heterocycles. The summed E-state index contributed by atoms with van der Waals surface area (Å²) in [4.78, 5) is 38.8. The summed E-state index contributed by atoms with van der Waals surface area (Å²) in [6.07, 6.45) is -0.0380. The molecule has 0 aliphatic carbocycles. The van der Waals surface area contributed by atoms with Gasteiger partial charge in [-0.05, 0) is 25.1 Å². The molecule has 0 bridgehead atoms. The van der Waals surface area contributed by atoms with Crippen molar-refractivity contribution < 1.29 is 29.0 Å². The first-order valence-corrected chi connectivity index (χ1v) is 10.6. The molecule has 1 heterocycles. The van der Waals surface area contributed by atoms with Crippen LogP contribution in [0.1, 0.15) is 29.4 Å². The highest BCUT2D eigenvalue weighted by Crippen LogP contribution is 2.27. The standard InChI is InChI=1S/C20H27N5O6S/c1-12-18(21)32-20(23-12)25-19(29)15-4-3-14(11-16(15)24-13(2)26)22-6-8-31-10-9-30-7-5-17(27)28/h3-4,11,22H,5-10,21H2,1-2H3,(H,24,26)(H,27,28)(H,23,25,29). The van der Waals surface area contributed by atoms with E-state index in [1.807, 2.05) is 0 Å². The summed E-state index contributed by atoms with van der Waals surface area (Å²) in [5.74, 6) is -1.63. The van der Waals surface area contributed by atoms with E-state index < -0.39 is 11.9 Å². The molecule has 2 rings (SSSR count). The summed E-state index contributed by atoms with van der Waals surface area (Å²) in [6, 6.07) is 4.98. The van der Waals surface area contributed by atoms with Crippen LogP contribution in [0.25, 0.3) is 0 Å². The zero-order valence-corrected chi connectivity index (χ0v) is 18.7. The van der Waals surface area contributed by atoms with E-state index in [4.69, 9.17) is 20.3 Å². The van der Waals surface area contributed by atoms with E-state index in [1.165, 1.54) is 18.3 Å². The topological polar surface area (TPSA) is 165 Å². The lowest BCUT2D eigenvalue weighted by molar-refractivity contribution is -0.138. The second-order valence-electron chi connectivity index (χ2n) is 6.66. The van der Waals surface area contributed by atoms with Crippen molar-refractivity contribution in [3.8, 4) is 0 Å². The third kappa shape index (κ3) is 8.49. The van der Waals surface area contributed by atoms with Crippen molar-refractivity contribution in [2.24, 2.45) is 0 Å². The first kappa shape index (κ1) is 25.0. The van der Waals surface area contributed by atoms with Crippen molar-refractivity contribution in [2.75, 3.05) is 54.7 Å². The lowest BCUT2D eigenvalue weighted by Crippen LogP contribution is -2.17. The molecule has 0 atom stereocenters. The number of rotatable bonds is 13. The summed E-state index contributed by atoms with van der Waals surface area (Å²) in [7, 11) is 0. The van der Waals surface area contributed by atoms with Crippen LogP contribution in [0.5, 0.6) is 0 Å². The number of anilines is 4. The predicted molar refractivity (Wildman–Crippen MR) is 122 cm³/mol. The number of aliphatic carboxylic acids is 1. The molecule has 0 radical (unpaired) electrons. The molecule has 0 aliphatic rings. The summed E-state index contributed by atoms with van der Waals surface area (Å²) in [6.45, 7) is 4.80. The Hall–Kier alpha value is -3.22. The molecule has 0 aliphatic heterocycles. The molecule has 2 aromatic rings. The van der Waals surface area contributed by atoms with E-state index in [-0.39, 0.29) is 24.5 Å². The second-order valence-corrected chi connectivity index (χ2v) is 7.69. The van der Waals surface area contributed by atoms with Crippen molar-refractivity contribution in [1.82, 2.24) is 4.98 Å². The highest BCUT2D eigenvalue weighted by Gasteiger charge is 2.16. The largest absolute Gasteiger partial charge is 0.481 e. The quantitative estimate of drug-likeness (QED) is 0.279. The average molecular weight is 466 g/mol. The number of carboxylic acids is 1. The van der Waals surface area contributed by atoms with Crippen LogP contribution in [0, 0.1) is 6.92 Å². The molecule has 11 nitrogen and oxygen atoms in total. The molecule has 0 spiro atoms. The van der Waals surface area contributed by atoms with E-state index in [2.05, 4.69) is 20.9 Å². The number of hydrogen-bond acceptors (Lipinski definition) is 9. The minimum absolute atomic E-state index is 0.0380. The van der Waals surface area contributed by atoms with Crippen molar-refractivity contribution in [1.29, 1.82) is 0 Å². The summed E-state index contributed by atoms with van der Waals surface area (Å²) < 4.78 is 10.5. The lowest BCUT2D eigenvalue weighted by Gasteiger charge is -2.13. The summed E-state index contributed by atoms with van der Waals surface area (Å²) in [5.41, 5.74) is 7.76. The molecule has 0 unspecified atom stereocenters. The second kappa shape index (κ2) is 12.6. The molecular formula is C20H27N5O6S. The highest BCUT2D eigenvalue weighted by molar-refractivity contribution is 7.19. The molecule has 0 saturated heterocycles. The summed E-state index contributed by atoms with van der Waals surface area (Å²) in [5, 5.41) is 17.9. The number of hydrogen-bond donors (Lipinski definition) is 5. The Morgan fingerprint density at radius 2 is 1.84 bits per heavy atom. The number of carbonyl (C=O) groups excluding carboxylic acids is 2. The zero-order valence-electron chi connectivity index (χ0n) is 17.9. The van der Waals surface area contributed by atoms with Crippen molar-refractivity contribution in [2.45, 2.75) is 20.3 Å². The molecule has 1 aromatic carbocycles. The van der Waals surface area contributed by atoms with Crippen molar-refractivity contribution >= 4 is 50.6 Å². The SMILES string of the molecule is CC(=O)Nc1cc(NCCOCCOCCC(=O)O)ccc1C(=O)Nc1nc(C)c(N)s1. The Morgan fingerprint density at radius 3 is 2.47 bits per heavy atom. The molecule has 0 fully saturated rings.